The van der Waals surface area contributed by atoms with Crippen molar-refractivity contribution in [3.63, 3.8) is 0 Å². The van der Waals surface area contributed by atoms with Gasteiger partial charge in [-0.3, -0.25) is 20.4 Å². The van der Waals surface area contributed by atoms with Crippen LogP contribution in [0.15, 0.2) is 35.7 Å². The summed E-state index contributed by atoms with van der Waals surface area (Å²) < 4.78 is 5.04. The van der Waals surface area contributed by atoms with Crippen LogP contribution in [0.1, 0.15) is 19.8 Å². The first kappa shape index (κ1) is 15.5. The molecular formula is C16H17N3O3S. The van der Waals surface area contributed by atoms with E-state index in [1.165, 1.54) is 11.3 Å². The van der Waals surface area contributed by atoms with Crippen molar-refractivity contribution < 1.29 is 14.3 Å². The Morgan fingerprint density at radius 3 is 2.87 bits per heavy atom. The number of hydrazine groups is 1. The molecule has 2 aromatic rings. The van der Waals surface area contributed by atoms with E-state index in [4.69, 9.17) is 4.74 Å². The first-order valence-electron chi connectivity index (χ1n) is 7.38. The number of nitrogens with zero attached hydrogens (tertiary/aromatic N) is 1. The highest BCUT2D eigenvalue weighted by atomic mass is 32.1. The molecule has 6 nitrogen and oxygen atoms in total. The molecule has 0 aliphatic carbocycles. The molecule has 0 bridgehead atoms. The summed E-state index contributed by atoms with van der Waals surface area (Å²) in [6.45, 7) is 1.83. The average molecular weight is 331 g/mol. The number of amides is 1. The van der Waals surface area contributed by atoms with Gasteiger partial charge in [0.2, 0.25) is 11.0 Å². The summed E-state index contributed by atoms with van der Waals surface area (Å²) in [5.41, 5.74) is 7.23. The van der Waals surface area contributed by atoms with Crippen LogP contribution >= 0.6 is 11.3 Å². The number of cyclic esters (lactones) is 1. The van der Waals surface area contributed by atoms with Crippen molar-refractivity contribution in [2.24, 2.45) is 5.92 Å². The molecule has 0 saturated carbocycles. The Bertz CT molecular complexity index is 702. The van der Waals surface area contributed by atoms with Crippen molar-refractivity contribution in [3.8, 4) is 11.3 Å². The Labute approximate surface area is 137 Å². The third-order valence-corrected chi connectivity index (χ3v) is 4.34. The highest BCUT2D eigenvalue weighted by Crippen LogP contribution is 2.25. The number of hydrogen-bond donors (Lipinski definition) is 2. The Balaban J connectivity index is 1.52. The van der Waals surface area contributed by atoms with Crippen LogP contribution in [-0.2, 0) is 14.3 Å². The average Bonchev–Trinajstić information content (AvgIpc) is 3.13. The molecule has 2 heterocycles. The highest BCUT2D eigenvalue weighted by molar-refractivity contribution is 7.14. The van der Waals surface area contributed by atoms with Crippen molar-refractivity contribution in [3.05, 3.63) is 35.7 Å². The van der Waals surface area contributed by atoms with Gasteiger partial charge in [0.1, 0.15) is 0 Å². The van der Waals surface area contributed by atoms with Gasteiger partial charge in [0.15, 0.2) is 0 Å². The van der Waals surface area contributed by atoms with Crippen molar-refractivity contribution in [2.45, 2.75) is 25.9 Å². The van der Waals surface area contributed by atoms with Gasteiger partial charge in [0.05, 0.1) is 17.7 Å². The largest absolute Gasteiger partial charge is 0.462 e. The van der Waals surface area contributed by atoms with Crippen LogP contribution < -0.4 is 10.9 Å². The molecule has 2 N–H and O–H groups in total. The van der Waals surface area contributed by atoms with Gasteiger partial charge >= 0.3 is 5.97 Å². The molecule has 7 heteroatoms. The van der Waals surface area contributed by atoms with E-state index in [-0.39, 0.29) is 30.3 Å². The first-order chi connectivity index (χ1) is 11.1. The third kappa shape index (κ3) is 3.87. The highest BCUT2D eigenvalue weighted by Gasteiger charge is 2.33. The zero-order chi connectivity index (χ0) is 16.2. The second kappa shape index (κ2) is 6.78. The van der Waals surface area contributed by atoms with E-state index in [0.717, 1.165) is 11.3 Å². The molecule has 3 rings (SSSR count). The smallest absolute Gasteiger partial charge is 0.309 e. The number of carbonyl (C=O) groups excluding carboxylic acids is 2. The Morgan fingerprint density at radius 2 is 2.17 bits per heavy atom. The van der Waals surface area contributed by atoms with E-state index in [1.54, 1.807) is 0 Å². The van der Waals surface area contributed by atoms with Crippen LogP contribution in [0.4, 0.5) is 5.13 Å². The second-order valence-electron chi connectivity index (χ2n) is 5.46. The molecule has 1 aromatic carbocycles. The molecule has 1 aliphatic heterocycles. The number of thiazole rings is 1. The van der Waals surface area contributed by atoms with E-state index < -0.39 is 0 Å². The standard InChI is InChI=1S/C16H17N3O3S/c1-10-7-12(15(21)22-10)8-14(20)18-19-16-17-13(9-23-16)11-5-3-2-4-6-11/h2-6,9-10,12H,7-8H2,1H3,(H,17,19)(H,18,20)/t10-,12-/m0/s1. The van der Waals surface area contributed by atoms with Crippen molar-refractivity contribution in [1.82, 2.24) is 10.4 Å². The summed E-state index contributed by atoms with van der Waals surface area (Å²) in [4.78, 5) is 27.8. The third-order valence-electron chi connectivity index (χ3n) is 3.58. The number of rotatable bonds is 5. The Kier molecular flexibility index (Phi) is 4.57. The minimum Gasteiger partial charge on any atom is -0.462 e. The summed E-state index contributed by atoms with van der Waals surface area (Å²) in [7, 11) is 0. The lowest BCUT2D eigenvalue weighted by Gasteiger charge is -2.07. The number of carbonyl (C=O) groups is 2. The summed E-state index contributed by atoms with van der Waals surface area (Å²) in [6.07, 6.45) is 0.593. The maximum Gasteiger partial charge on any atom is 0.309 e. The predicted octanol–water partition coefficient (Wildman–Crippen LogP) is 2.59. The molecule has 1 aromatic heterocycles. The number of aromatic nitrogens is 1. The number of anilines is 1. The molecule has 120 valence electrons. The zero-order valence-electron chi connectivity index (χ0n) is 12.6. The molecule has 1 fully saturated rings. The van der Waals surface area contributed by atoms with Crippen LogP contribution in [0.25, 0.3) is 11.3 Å². The molecule has 1 saturated heterocycles. The lowest BCUT2D eigenvalue weighted by atomic mass is 10.0. The monoisotopic (exact) mass is 331 g/mol. The van der Waals surface area contributed by atoms with Gasteiger partial charge in [-0.05, 0) is 13.3 Å². The van der Waals surface area contributed by atoms with Crippen LogP contribution in [0, 0.1) is 5.92 Å². The van der Waals surface area contributed by atoms with E-state index in [0.29, 0.717) is 11.6 Å². The minimum absolute atomic E-state index is 0.111. The van der Waals surface area contributed by atoms with Crippen LogP contribution in [-0.4, -0.2) is 23.0 Å². The van der Waals surface area contributed by atoms with E-state index in [1.807, 2.05) is 42.6 Å². The maximum absolute atomic E-state index is 11.9. The number of nitrogens with one attached hydrogen (secondary N) is 2. The number of benzene rings is 1. The normalized spacial score (nSPS) is 20.1. The van der Waals surface area contributed by atoms with Crippen molar-refractivity contribution in [1.29, 1.82) is 0 Å². The predicted molar refractivity (Wildman–Crippen MR) is 87.6 cm³/mol. The van der Waals surface area contributed by atoms with Gasteiger partial charge in [0.25, 0.3) is 0 Å². The van der Waals surface area contributed by atoms with Crippen LogP contribution in [0.5, 0.6) is 0 Å². The fourth-order valence-electron chi connectivity index (χ4n) is 2.48. The molecule has 0 spiro atoms. The molecule has 23 heavy (non-hydrogen) atoms. The Morgan fingerprint density at radius 1 is 1.39 bits per heavy atom. The molecule has 0 radical (unpaired) electrons. The van der Waals surface area contributed by atoms with Crippen LogP contribution in [0.3, 0.4) is 0 Å². The fourth-order valence-corrected chi connectivity index (χ4v) is 3.15. The lowest BCUT2D eigenvalue weighted by Crippen LogP contribution is -2.31. The lowest BCUT2D eigenvalue weighted by molar-refractivity contribution is -0.145. The molecule has 0 unspecified atom stereocenters. The summed E-state index contributed by atoms with van der Waals surface area (Å²) in [5, 5.41) is 2.51. The van der Waals surface area contributed by atoms with E-state index in [2.05, 4.69) is 15.8 Å². The second-order valence-corrected chi connectivity index (χ2v) is 6.32. The summed E-state index contributed by atoms with van der Waals surface area (Å²) in [5.74, 6) is -0.909. The van der Waals surface area contributed by atoms with Crippen molar-refractivity contribution in [2.75, 3.05) is 5.43 Å². The van der Waals surface area contributed by atoms with Gasteiger partial charge in [-0.2, -0.15) is 0 Å². The first-order valence-corrected chi connectivity index (χ1v) is 8.26. The van der Waals surface area contributed by atoms with Gasteiger partial charge in [-0.15, -0.1) is 11.3 Å². The quantitative estimate of drug-likeness (QED) is 0.650. The van der Waals surface area contributed by atoms with E-state index >= 15 is 0 Å². The van der Waals surface area contributed by atoms with Gasteiger partial charge in [-0.25, -0.2) is 4.98 Å². The Hall–Kier alpha value is -2.41. The zero-order valence-corrected chi connectivity index (χ0v) is 13.4. The molecule has 1 amide bonds. The topological polar surface area (TPSA) is 80.3 Å². The van der Waals surface area contributed by atoms with Gasteiger partial charge in [-0.1, -0.05) is 30.3 Å². The minimum atomic E-state index is -0.358. The fraction of sp³-hybridized carbons (Fsp3) is 0.312. The SMILES string of the molecule is C[C@H]1C[C@@H](CC(=O)NNc2nc(-c3ccccc3)cs2)C(=O)O1. The van der Waals surface area contributed by atoms with Crippen molar-refractivity contribution >= 4 is 28.3 Å². The number of hydrogen-bond acceptors (Lipinski definition) is 6. The molecule has 2 atom stereocenters. The van der Waals surface area contributed by atoms with Gasteiger partial charge in [0, 0.05) is 17.4 Å². The maximum atomic E-state index is 11.9. The number of esters is 1. The molecular weight excluding hydrogens is 314 g/mol. The molecule has 1 aliphatic rings. The van der Waals surface area contributed by atoms with Crippen LogP contribution in [0.2, 0.25) is 0 Å². The summed E-state index contributed by atoms with van der Waals surface area (Å²) in [6, 6.07) is 9.80. The summed E-state index contributed by atoms with van der Waals surface area (Å²) >= 11 is 1.40. The van der Waals surface area contributed by atoms with E-state index in [9.17, 15) is 9.59 Å². The van der Waals surface area contributed by atoms with Gasteiger partial charge < -0.3 is 4.74 Å². The number of ether oxygens (including phenoxy) is 1.